The van der Waals surface area contributed by atoms with E-state index in [1.54, 1.807) is 0 Å². The summed E-state index contributed by atoms with van der Waals surface area (Å²) in [5, 5.41) is 0.958. The fourth-order valence-corrected chi connectivity index (χ4v) is 1.75. The molecule has 3 heteroatoms. The van der Waals surface area contributed by atoms with Crippen LogP contribution in [0.4, 0.5) is 0 Å². The van der Waals surface area contributed by atoms with Gasteiger partial charge in [0.15, 0.2) is 0 Å². The Morgan fingerprint density at radius 2 is 2.11 bits per heavy atom. The van der Waals surface area contributed by atoms with Crippen molar-refractivity contribution in [1.29, 1.82) is 0 Å². The van der Waals surface area contributed by atoms with Crippen LogP contribution < -0.4 is 0 Å². The second-order valence-electron chi connectivity index (χ2n) is 4.44. The third-order valence-corrected chi connectivity index (χ3v) is 3.02. The summed E-state index contributed by atoms with van der Waals surface area (Å²) in [6.07, 6.45) is 0.745. The van der Waals surface area contributed by atoms with Gasteiger partial charge < -0.3 is 4.74 Å². The van der Waals surface area contributed by atoms with Crippen molar-refractivity contribution in [2.45, 2.75) is 33.3 Å². The molecule has 0 spiro atoms. The van der Waals surface area contributed by atoms with Gasteiger partial charge in [-0.2, -0.15) is 0 Å². The first-order valence-corrected chi connectivity index (χ1v) is 6.19. The molecule has 0 radical (unpaired) electrons. The zero-order valence-corrected chi connectivity index (χ0v) is 10.9. The topological polar surface area (TPSA) is 39.2 Å². The number of carbonyl (C=O) groups is 1. The molecule has 1 aromatic heterocycles. The number of carbonyl (C=O) groups excluding carboxylic acids is 1. The molecule has 0 fully saturated rings. The molecule has 1 atom stereocenters. The van der Waals surface area contributed by atoms with Gasteiger partial charge in [-0.1, -0.05) is 25.1 Å². The minimum atomic E-state index is -0.292. The number of hydrogen-bond donors (Lipinski definition) is 0. The number of benzene rings is 1. The lowest BCUT2D eigenvalue weighted by molar-refractivity contribution is 0.0333. The van der Waals surface area contributed by atoms with Gasteiger partial charge in [0.05, 0.1) is 22.9 Å². The lowest BCUT2D eigenvalue weighted by Gasteiger charge is -2.12. The first-order chi connectivity index (χ1) is 8.61. The number of hydrogen-bond acceptors (Lipinski definition) is 3. The zero-order valence-electron chi connectivity index (χ0n) is 10.9. The number of aryl methyl sites for hydroxylation is 1. The molecule has 0 amide bonds. The molecule has 1 unspecified atom stereocenters. The molecule has 0 aliphatic rings. The van der Waals surface area contributed by atoms with Crippen LogP contribution in [0.3, 0.4) is 0 Å². The fraction of sp³-hybridized carbons (Fsp3) is 0.333. The summed E-state index contributed by atoms with van der Waals surface area (Å²) in [6.45, 7) is 5.71. The highest BCUT2D eigenvalue weighted by molar-refractivity contribution is 5.95. The van der Waals surface area contributed by atoms with Crippen LogP contribution in [-0.4, -0.2) is 17.1 Å². The van der Waals surface area contributed by atoms with Crippen molar-refractivity contribution < 1.29 is 9.53 Å². The maximum Gasteiger partial charge on any atom is 0.340 e. The molecule has 0 saturated heterocycles. The molecule has 1 heterocycles. The molecule has 2 aromatic rings. The fourth-order valence-electron chi connectivity index (χ4n) is 1.75. The molecular formula is C15H17NO2. The number of fused-ring (bicyclic) bond motifs is 1. The Hall–Kier alpha value is -1.90. The third kappa shape index (κ3) is 2.50. The Kier molecular flexibility index (Phi) is 3.60. The predicted octanol–water partition coefficient (Wildman–Crippen LogP) is 3.50. The second-order valence-corrected chi connectivity index (χ2v) is 4.44. The highest BCUT2D eigenvalue weighted by Gasteiger charge is 2.15. The Balaban J connectivity index is 2.38. The van der Waals surface area contributed by atoms with Crippen molar-refractivity contribution >= 4 is 16.9 Å². The predicted molar refractivity (Wildman–Crippen MR) is 71.6 cm³/mol. The lowest BCUT2D eigenvalue weighted by Crippen LogP contribution is -2.15. The molecule has 2 rings (SSSR count). The summed E-state index contributed by atoms with van der Waals surface area (Å²) < 4.78 is 5.34. The van der Waals surface area contributed by atoms with Crippen LogP contribution in [0, 0.1) is 6.92 Å². The number of rotatable bonds is 3. The minimum absolute atomic E-state index is 0.0663. The molecule has 3 nitrogen and oxygen atoms in total. The molecule has 18 heavy (non-hydrogen) atoms. The number of ether oxygens (including phenoxy) is 1. The summed E-state index contributed by atoms with van der Waals surface area (Å²) >= 11 is 0. The normalized spacial score (nSPS) is 12.4. The molecule has 1 aromatic carbocycles. The van der Waals surface area contributed by atoms with Crippen molar-refractivity contribution in [3.05, 3.63) is 41.6 Å². The van der Waals surface area contributed by atoms with Crippen LogP contribution in [0.25, 0.3) is 10.9 Å². The monoisotopic (exact) mass is 243 g/mol. The number of nitrogens with zero attached hydrogens (tertiary/aromatic N) is 1. The summed E-state index contributed by atoms with van der Waals surface area (Å²) in [5.41, 5.74) is 2.16. The number of pyridine rings is 1. The molecule has 0 aliphatic carbocycles. The van der Waals surface area contributed by atoms with Crippen LogP contribution in [0.15, 0.2) is 30.3 Å². The maximum absolute atomic E-state index is 12.0. The Morgan fingerprint density at radius 3 is 2.83 bits per heavy atom. The van der Waals surface area contributed by atoms with Gasteiger partial charge in [-0.25, -0.2) is 4.79 Å². The van der Waals surface area contributed by atoms with Crippen molar-refractivity contribution in [2.75, 3.05) is 0 Å². The first kappa shape index (κ1) is 12.6. The van der Waals surface area contributed by atoms with Gasteiger partial charge in [0.1, 0.15) is 0 Å². The molecule has 0 aliphatic heterocycles. The lowest BCUT2D eigenvalue weighted by atomic mass is 10.1. The number of para-hydroxylation sites is 1. The first-order valence-electron chi connectivity index (χ1n) is 6.19. The SMILES string of the molecule is CCC(C)OC(=O)c1cc2ccccc2nc1C. The van der Waals surface area contributed by atoms with Gasteiger partial charge in [-0.05, 0) is 32.4 Å². The molecule has 0 saturated carbocycles. The quantitative estimate of drug-likeness (QED) is 0.774. The summed E-state index contributed by atoms with van der Waals surface area (Å²) in [6, 6.07) is 9.60. The smallest absolute Gasteiger partial charge is 0.340 e. The highest BCUT2D eigenvalue weighted by Crippen LogP contribution is 2.17. The van der Waals surface area contributed by atoms with E-state index >= 15 is 0 Å². The van der Waals surface area contributed by atoms with Crippen LogP contribution in [0.2, 0.25) is 0 Å². The van der Waals surface area contributed by atoms with E-state index < -0.39 is 0 Å². The van der Waals surface area contributed by atoms with E-state index in [4.69, 9.17) is 4.74 Å². The van der Waals surface area contributed by atoms with E-state index in [0.717, 1.165) is 17.3 Å². The van der Waals surface area contributed by atoms with Gasteiger partial charge in [0, 0.05) is 5.39 Å². The highest BCUT2D eigenvalue weighted by atomic mass is 16.5. The van der Waals surface area contributed by atoms with E-state index in [9.17, 15) is 4.79 Å². The van der Waals surface area contributed by atoms with E-state index in [1.165, 1.54) is 0 Å². The molecular weight excluding hydrogens is 226 g/mol. The van der Waals surface area contributed by atoms with Crippen molar-refractivity contribution in [3.63, 3.8) is 0 Å². The van der Waals surface area contributed by atoms with Gasteiger partial charge in [-0.3, -0.25) is 4.98 Å². The largest absolute Gasteiger partial charge is 0.459 e. The Morgan fingerprint density at radius 1 is 1.39 bits per heavy atom. The van der Waals surface area contributed by atoms with Gasteiger partial charge in [0.2, 0.25) is 0 Å². The minimum Gasteiger partial charge on any atom is -0.459 e. The zero-order chi connectivity index (χ0) is 13.1. The Bertz CT molecular complexity index is 578. The van der Waals surface area contributed by atoms with Crippen LogP contribution in [0.1, 0.15) is 36.3 Å². The van der Waals surface area contributed by atoms with E-state index in [2.05, 4.69) is 4.98 Å². The van der Waals surface area contributed by atoms with Crippen LogP contribution in [0.5, 0.6) is 0 Å². The van der Waals surface area contributed by atoms with Crippen molar-refractivity contribution in [2.24, 2.45) is 0 Å². The van der Waals surface area contributed by atoms with Gasteiger partial charge in [0.25, 0.3) is 0 Å². The average molecular weight is 243 g/mol. The standard InChI is InChI=1S/C15H17NO2/c1-4-10(2)18-15(17)13-9-12-7-5-6-8-14(12)16-11(13)3/h5-10H,4H2,1-3H3. The van der Waals surface area contributed by atoms with E-state index in [1.807, 2.05) is 51.1 Å². The molecule has 0 bridgehead atoms. The van der Waals surface area contributed by atoms with E-state index in [-0.39, 0.29) is 12.1 Å². The van der Waals surface area contributed by atoms with Gasteiger partial charge in [-0.15, -0.1) is 0 Å². The number of esters is 1. The Labute approximate surface area is 107 Å². The maximum atomic E-state index is 12.0. The van der Waals surface area contributed by atoms with Gasteiger partial charge >= 0.3 is 5.97 Å². The van der Waals surface area contributed by atoms with E-state index in [0.29, 0.717) is 11.3 Å². The summed E-state index contributed by atoms with van der Waals surface area (Å²) in [4.78, 5) is 16.4. The average Bonchev–Trinajstić information content (AvgIpc) is 2.37. The van der Waals surface area contributed by atoms with Crippen LogP contribution >= 0.6 is 0 Å². The van der Waals surface area contributed by atoms with Crippen LogP contribution in [-0.2, 0) is 4.74 Å². The third-order valence-electron chi connectivity index (χ3n) is 3.02. The second kappa shape index (κ2) is 5.17. The van der Waals surface area contributed by atoms with Crippen molar-refractivity contribution in [1.82, 2.24) is 4.98 Å². The number of aromatic nitrogens is 1. The van der Waals surface area contributed by atoms with Crippen molar-refractivity contribution in [3.8, 4) is 0 Å². The molecule has 0 N–H and O–H groups in total. The summed E-state index contributed by atoms with van der Waals surface area (Å²) in [7, 11) is 0. The molecule has 94 valence electrons. The summed E-state index contributed by atoms with van der Waals surface area (Å²) in [5.74, 6) is -0.292.